The second-order valence-electron chi connectivity index (χ2n) is 14.6. The Hall–Kier alpha value is -4.84. The Balaban J connectivity index is 1.32. The normalized spacial score (nSPS) is 15.8. The lowest BCUT2D eigenvalue weighted by molar-refractivity contribution is -0.0311. The van der Waals surface area contributed by atoms with Gasteiger partial charge in [0.2, 0.25) is 0 Å². The summed E-state index contributed by atoms with van der Waals surface area (Å²) < 4.78 is 9.32. The molecule has 0 atom stereocenters. The molecular formula is C44H37BN2OS. The zero-order valence-corrected chi connectivity index (χ0v) is 29.1. The average molecular weight is 653 g/mol. The maximum absolute atomic E-state index is 6.98. The summed E-state index contributed by atoms with van der Waals surface area (Å²) in [5, 5.41) is 6.16. The van der Waals surface area contributed by atoms with Gasteiger partial charge in [0.05, 0.1) is 21.5 Å². The molecule has 0 amide bonds. The van der Waals surface area contributed by atoms with Gasteiger partial charge in [-0.25, -0.2) is 9.97 Å². The van der Waals surface area contributed by atoms with Crippen molar-refractivity contribution >= 4 is 65.6 Å². The van der Waals surface area contributed by atoms with E-state index in [-0.39, 0.29) is 17.9 Å². The van der Waals surface area contributed by atoms with Crippen LogP contribution in [0.15, 0.2) is 127 Å². The zero-order chi connectivity index (χ0) is 33.3. The third-order valence-corrected chi connectivity index (χ3v) is 12.2. The summed E-state index contributed by atoms with van der Waals surface area (Å²) in [6.45, 7) is 9.10. The smallest absolute Gasteiger partial charge is 0.327 e. The van der Waals surface area contributed by atoms with Crippen LogP contribution < -0.4 is 5.46 Å². The molecule has 2 aromatic heterocycles. The number of thiophene rings is 1. The first kappa shape index (κ1) is 30.2. The fourth-order valence-corrected chi connectivity index (χ4v) is 8.68. The lowest BCUT2D eigenvalue weighted by Gasteiger charge is -2.48. The predicted octanol–water partition coefficient (Wildman–Crippen LogP) is 11.6. The van der Waals surface area contributed by atoms with Crippen LogP contribution in [0.5, 0.6) is 0 Å². The van der Waals surface area contributed by atoms with E-state index in [9.17, 15) is 0 Å². The van der Waals surface area contributed by atoms with E-state index in [1.165, 1.54) is 42.7 Å². The first-order valence-electron chi connectivity index (χ1n) is 17.2. The number of fused-ring (bicyclic) bond motifs is 6. The quantitative estimate of drug-likeness (QED) is 0.140. The van der Waals surface area contributed by atoms with E-state index in [1.54, 1.807) is 11.3 Å². The summed E-state index contributed by atoms with van der Waals surface area (Å²) in [4.78, 5) is 10.7. The molecule has 1 aliphatic rings. The minimum absolute atomic E-state index is 0.0345. The molecule has 0 unspecified atom stereocenters. The number of hydrogen-bond donors (Lipinski definition) is 0. The molecule has 9 rings (SSSR count). The number of benzene rings is 6. The molecule has 6 aromatic carbocycles. The highest BCUT2D eigenvalue weighted by Gasteiger charge is 2.45. The largest absolute Gasteiger partial charge is 0.426 e. The summed E-state index contributed by atoms with van der Waals surface area (Å²) in [6.07, 6.45) is 2.05. The monoisotopic (exact) mass is 652 g/mol. The van der Waals surface area contributed by atoms with Gasteiger partial charge in [-0.05, 0) is 88.3 Å². The van der Waals surface area contributed by atoms with Crippen molar-refractivity contribution in [2.75, 3.05) is 0 Å². The van der Waals surface area contributed by atoms with Crippen LogP contribution >= 0.6 is 11.3 Å². The van der Waals surface area contributed by atoms with Crippen molar-refractivity contribution in [1.82, 2.24) is 9.97 Å². The van der Waals surface area contributed by atoms with Crippen LogP contribution in [0.4, 0.5) is 0 Å². The summed E-state index contributed by atoms with van der Waals surface area (Å²) in [5.41, 5.74) is 7.42. The van der Waals surface area contributed by atoms with Crippen molar-refractivity contribution in [3.8, 4) is 33.8 Å². The maximum atomic E-state index is 6.98. The summed E-state index contributed by atoms with van der Waals surface area (Å²) in [6, 6.07) is 45.9. The fraction of sp³-hybridized carbons (Fsp3) is 0.182. The molecular weight excluding hydrogens is 615 g/mol. The number of aromatic nitrogens is 2. The van der Waals surface area contributed by atoms with Crippen molar-refractivity contribution in [2.45, 2.75) is 46.0 Å². The molecule has 238 valence electrons. The Kier molecular flexibility index (Phi) is 7.02. The first-order chi connectivity index (χ1) is 23.8. The minimum Gasteiger partial charge on any atom is -0.426 e. The van der Waals surface area contributed by atoms with E-state index < -0.39 is 0 Å². The molecule has 0 N–H and O–H groups in total. The lowest BCUT2D eigenvalue weighted by atomic mass is 9.50. The second kappa shape index (κ2) is 11.4. The summed E-state index contributed by atoms with van der Waals surface area (Å²) in [7, 11) is 0. The highest BCUT2D eigenvalue weighted by molar-refractivity contribution is 7.26. The van der Waals surface area contributed by atoms with E-state index in [1.807, 2.05) is 0 Å². The van der Waals surface area contributed by atoms with E-state index in [0.29, 0.717) is 0 Å². The SMILES string of the molecule is CC1(C)CCB(c2cc(-c3nc(-c4ccccc4)c4sc5ccccc5c4n3)cc(-c3cc4ccccc4c4ccccc34)c2)OC1(C)C. The van der Waals surface area contributed by atoms with Crippen molar-refractivity contribution in [3.63, 3.8) is 0 Å². The Labute approximate surface area is 291 Å². The molecule has 5 heteroatoms. The van der Waals surface area contributed by atoms with Crippen molar-refractivity contribution in [2.24, 2.45) is 5.41 Å². The lowest BCUT2D eigenvalue weighted by Crippen LogP contribution is -2.54. The first-order valence-corrected chi connectivity index (χ1v) is 18.1. The maximum Gasteiger partial charge on any atom is 0.327 e. The second-order valence-corrected chi connectivity index (χ2v) is 15.7. The molecule has 3 heterocycles. The van der Waals surface area contributed by atoms with Gasteiger partial charge < -0.3 is 4.65 Å². The standard InChI is InChI=1S/C44H37BN2OS/c1-43(2)22-23-45(48-44(43,3)4)32-25-30(37-27-29-16-8-9-17-33(29)34-18-10-11-19-35(34)37)24-31(26-32)42-46-39(28-14-6-5-7-15-28)41-40(47-42)36-20-12-13-21-38(36)49-41/h5-21,24-27H,22-23H2,1-4H3. The third kappa shape index (κ3) is 5.07. The van der Waals surface area contributed by atoms with Gasteiger partial charge in [0.1, 0.15) is 0 Å². The van der Waals surface area contributed by atoms with Crippen LogP contribution in [-0.2, 0) is 4.65 Å². The molecule has 0 saturated carbocycles. The molecule has 1 saturated heterocycles. The van der Waals surface area contributed by atoms with Gasteiger partial charge in [0, 0.05) is 21.2 Å². The molecule has 0 spiro atoms. The van der Waals surface area contributed by atoms with E-state index in [4.69, 9.17) is 14.6 Å². The molecule has 3 nitrogen and oxygen atoms in total. The zero-order valence-electron chi connectivity index (χ0n) is 28.3. The van der Waals surface area contributed by atoms with Gasteiger partial charge in [0.25, 0.3) is 0 Å². The highest BCUT2D eigenvalue weighted by Crippen LogP contribution is 2.44. The molecule has 49 heavy (non-hydrogen) atoms. The Morgan fingerprint density at radius 2 is 1.31 bits per heavy atom. The van der Waals surface area contributed by atoms with Gasteiger partial charge in [-0.15, -0.1) is 11.3 Å². The predicted molar refractivity (Wildman–Crippen MR) is 210 cm³/mol. The number of rotatable bonds is 4. The van der Waals surface area contributed by atoms with Gasteiger partial charge in [-0.2, -0.15) is 0 Å². The van der Waals surface area contributed by atoms with Crippen molar-refractivity contribution in [1.29, 1.82) is 0 Å². The van der Waals surface area contributed by atoms with E-state index in [0.717, 1.165) is 51.2 Å². The molecule has 0 aliphatic carbocycles. The van der Waals surface area contributed by atoms with Gasteiger partial charge in [-0.1, -0.05) is 123 Å². The fourth-order valence-electron chi connectivity index (χ4n) is 7.53. The average Bonchev–Trinajstić information content (AvgIpc) is 3.51. The molecule has 0 bridgehead atoms. The van der Waals surface area contributed by atoms with Crippen LogP contribution in [0.25, 0.3) is 75.6 Å². The number of hydrogen-bond acceptors (Lipinski definition) is 4. The van der Waals surface area contributed by atoms with Crippen LogP contribution in [0.3, 0.4) is 0 Å². The highest BCUT2D eigenvalue weighted by atomic mass is 32.1. The Bertz CT molecular complexity index is 2550. The van der Waals surface area contributed by atoms with Gasteiger partial charge >= 0.3 is 6.92 Å². The van der Waals surface area contributed by atoms with Crippen molar-refractivity contribution < 1.29 is 4.65 Å². The van der Waals surface area contributed by atoms with E-state index >= 15 is 0 Å². The van der Waals surface area contributed by atoms with Crippen LogP contribution in [-0.4, -0.2) is 22.5 Å². The molecule has 1 aliphatic heterocycles. The van der Waals surface area contributed by atoms with Crippen LogP contribution in [0, 0.1) is 5.41 Å². The topological polar surface area (TPSA) is 35.0 Å². The Morgan fingerprint density at radius 3 is 2.10 bits per heavy atom. The van der Waals surface area contributed by atoms with Crippen LogP contribution in [0.1, 0.15) is 34.1 Å². The van der Waals surface area contributed by atoms with Gasteiger partial charge in [0.15, 0.2) is 5.82 Å². The summed E-state index contributed by atoms with van der Waals surface area (Å²) in [5.74, 6) is 0.735. The summed E-state index contributed by atoms with van der Waals surface area (Å²) >= 11 is 1.77. The van der Waals surface area contributed by atoms with E-state index in [2.05, 4.69) is 155 Å². The Morgan fingerprint density at radius 1 is 0.633 bits per heavy atom. The van der Waals surface area contributed by atoms with Gasteiger partial charge in [-0.3, -0.25) is 0 Å². The van der Waals surface area contributed by atoms with Crippen molar-refractivity contribution in [3.05, 3.63) is 127 Å². The molecule has 1 fully saturated rings. The number of nitrogens with zero attached hydrogens (tertiary/aromatic N) is 2. The molecule has 0 radical (unpaired) electrons. The minimum atomic E-state index is -0.271. The van der Waals surface area contributed by atoms with Crippen LogP contribution in [0.2, 0.25) is 6.32 Å². The third-order valence-electron chi connectivity index (χ3n) is 11.0. The molecule has 8 aromatic rings.